The number of aryl methyl sites for hydroxylation is 1. The minimum absolute atomic E-state index is 0.234. The standard InChI is InChI=1S/C16H22N4OS/c1-12-6-3-4-8-14(12)15-17-20(16(22)18(15)2)11-19-9-5-7-13(21)10-19/h3-4,6,8,13,21H,5,7,9-11H2,1-2H3/t13-/m1/s1. The molecule has 1 saturated heterocycles. The number of aliphatic hydroxyl groups excluding tert-OH is 1. The minimum atomic E-state index is -0.234. The second kappa shape index (κ2) is 6.32. The van der Waals surface area contributed by atoms with Gasteiger partial charge in [-0.05, 0) is 37.5 Å². The van der Waals surface area contributed by atoms with Crippen molar-refractivity contribution in [3.63, 3.8) is 0 Å². The molecule has 5 nitrogen and oxygen atoms in total. The number of hydrogen-bond acceptors (Lipinski definition) is 4. The molecule has 22 heavy (non-hydrogen) atoms. The summed E-state index contributed by atoms with van der Waals surface area (Å²) in [4.78, 5) is 2.21. The van der Waals surface area contributed by atoms with Crippen molar-refractivity contribution in [2.24, 2.45) is 7.05 Å². The molecule has 0 amide bonds. The molecular weight excluding hydrogens is 296 g/mol. The lowest BCUT2D eigenvalue weighted by atomic mass is 10.1. The van der Waals surface area contributed by atoms with E-state index in [1.165, 1.54) is 5.56 Å². The van der Waals surface area contributed by atoms with Crippen molar-refractivity contribution in [3.8, 4) is 11.4 Å². The van der Waals surface area contributed by atoms with Gasteiger partial charge in [-0.2, -0.15) is 5.10 Å². The smallest absolute Gasteiger partial charge is 0.199 e. The zero-order chi connectivity index (χ0) is 15.7. The topological polar surface area (TPSA) is 46.2 Å². The van der Waals surface area contributed by atoms with Crippen LogP contribution in [0, 0.1) is 11.7 Å². The van der Waals surface area contributed by atoms with Crippen molar-refractivity contribution in [3.05, 3.63) is 34.6 Å². The first-order valence-electron chi connectivity index (χ1n) is 7.66. The molecule has 1 aliphatic rings. The number of β-amino-alcohol motifs (C(OH)–C–C–N with tert-alkyl or cyclic N) is 1. The van der Waals surface area contributed by atoms with E-state index in [0.717, 1.165) is 30.8 Å². The van der Waals surface area contributed by atoms with Crippen molar-refractivity contribution in [2.75, 3.05) is 13.1 Å². The van der Waals surface area contributed by atoms with Gasteiger partial charge < -0.3 is 9.67 Å². The van der Waals surface area contributed by atoms with Crippen molar-refractivity contribution in [1.29, 1.82) is 0 Å². The first-order chi connectivity index (χ1) is 10.6. The molecule has 0 bridgehead atoms. The fourth-order valence-electron chi connectivity index (χ4n) is 2.99. The van der Waals surface area contributed by atoms with E-state index in [2.05, 4.69) is 24.0 Å². The third kappa shape index (κ3) is 2.99. The van der Waals surface area contributed by atoms with E-state index >= 15 is 0 Å². The molecule has 0 spiro atoms. The fraction of sp³-hybridized carbons (Fsp3) is 0.500. The van der Waals surface area contributed by atoms with Crippen molar-refractivity contribution in [2.45, 2.75) is 32.5 Å². The third-order valence-electron chi connectivity index (χ3n) is 4.24. The predicted molar refractivity (Wildman–Crippen MR) is 89.0 cm³/mol. The largest absolute Gasteiger partial charge is 0.392 e. The molecule has 118 valence electrons. The van der Waals surface area contributed by atoms with Crippen molar-refractivity contribution < 1.29 is 5.11 Å². The summed E-state index contributed by atoms with van der Waals surface area (Å²) < 4.78 is 4.52. The van der Waals surface area contributed by atoms with Crippen LogP contribution >= 0.6 is 12.2 Å². The molecule has 2 aromatic rings. The van der Waals surface area contributed by atoms with E-state index in [9.17, 15) is 5.11 Å². The SMILES string of the molecule is Cc1ccccc1-c1nn(CN2CCC[C@@H](O)C2)c(=S)n1C. The Morgan fingerprint density at radius 2 is 2.14 bits per heavy atom. The zero-order valence-electron chi connectivity index (χ0n) is 13.1. The monoisotopic (exact) mass is 318 g/mol. The molecule has 0 unspecified atom stereocenters. The van der Waals surface area contributed by atoms with Crippen LogP contribution in [0.1, 0.15) is 18.4 Å². The molecular formula is C16H22N4OS. The number of hydrogen-bond donors (Lipinski definition) is 1. The second-order valence-electron chi connectivity index (χ2n) is 5.99. The second-order valence-corrected chi connectivity index (χ2v) is 6.36. The molecule has 1 aromatic carbocycles. The van der Waals surface area contributed by atoms with Gasteiger partial charge in [0.25, 0.3) is 0 Å². The Kier molecular flexibility index (Phi) is 4.42. The van der Waals surface area contributed by atoms with Gasteiger partial charge in [0.05, 0.1) is 12.8 Å². The highest BCUT2D eigenvalue weighted by Crippen LogP contribution is 2.21. The Morgan fingerprint density at radius 1 is 1.36 bits per heavy atom. The summed E-state index contributed by atoms with van der Waals surface area (Å²) >= 11 is 5.53. The van der Waals surface area contributed by atoms with E-state index in [0.29, 0.717) is 18.0 Å². The predicted octanol–water partition coefficient (Wildman–Crippen LogP) is 2.34. The van der Waals surface area contributed by atoms with Crippen molar-refractivity contribution in [1.82, 2.24) is 19.2 Å². The van der Waals surface area contributed by atoms with Gasteiger partial charge in [-0.25, -0.2) is 4.68 Å². The molecule has 0 radical (unpaired) electrons. The quantitative estimate of drug-likeness (QED) is 0.883. The summed E-state index contributed by atoms with van der Waals surface area (Å²) in [6.07, 6.45) is 1.67. The lowest BCUT2D eigenvalue weighted by molar-refractivity contribution is 0.0513. The maximum absolute atomic E-state index is 9.80. The first-order valence-corrected chi connectivity index (χ1v) is 8.07. The summed E-state index contributed by atoms with van der Waals surface area (Å²) in [5.74, 6) is 0.889. The van der Waals surface area contributed by atoms with Crippen LogP contribution in [0.4, 0.5) is 0 Å². The molecule has 1 aromatic heterocycles. The third-order valence-corrected chi connectivity index (χ3v) is 4.73. The molecule has 3 rings (SSSR count). The van der Waals surface area contributed by atoms with E-state index in [1.807, 2.05) is 28.4 Å². The number of nitrogens with zero attached hydrogens (tertiary/aromatic N) is 4. The minimum Gasteiger partial charge on any atom is -0.392 e. The van der Waals surface area contributed by atoms with Gasteiger partial charge in [-0.15, -0.1) is 0 Å². The van der Waals surface area contributed by atoms with Crippen LogP contribution in [0.3, 0.4) is 0 Å². The molecule has 1 fully saturated rings. The summed E-state index contributed by atoms with van der Waals surface area (Å²) in [5, 5.41) is 14.5. The summed E-state index contributed by atoms with van der Waals surface area (Å²) in [6.45, 7) is 4.39. The van der Waals surface area contributed by atoms with Crippen LogP contribution in [0.15, 0.2) is 24.3 Å². The van der Waals surface area contributed by atoms with E-state index in [-0.39, 0.29) is 6.10 Å². The van der Waals surface area contributed by atoms with E-state index < -0.39 is 0 Å². The highest BCUT2D eigenvalue weighted by molar-refractivity contribution is 7.71. The Labute approximate surface area is 135 Å². The van der Waals surface area contributed by atoms with E-state index in [1.54, 1.807) is 0 Å². The molecule has 6 heteroatoms. The highest BCUT2D eigenvalue weighted by atomic mass is 32.1. The summed E-state index contributed by atoms with van der Waals surface area (Å²) in [6, 6.07) is 8.20. The molecule has 1 N–H and O–H groups in total. The number of piperidine rings is 1. The zero-order valence-corrected chi connectivity index (χ0v) is 13.9. The molecule has 1 aliphatic heterocycles. The van der Waals surface area contributed by atoms with Gasteiger partial charge in [-0.1, -0.05) is 24.3 Å². The lowest BCUT2D eigenvalue weighted by Crippen LogP contribution is -2.39. The number of likely N-dealkylation sites (tertiary alicyclic amines) is 1. The normalized spacial score (nSPS) is 19.5. The Balaban J connectivity index is 1.90. The van der Waals surface area contributed by atoms with Gasteiger partial charge in [0.15, 0.2) is 10.6 Å². The Hall–Kier alpha value is -1.50. The van der Waals surface area contributed by atoms with Crippen LogP contribution in [-0.2, 0) is 13.7 Å². The van der Waals surface area contributed by atoms with Crippen molar-refractivity contribution >= 4 is 12.2 Å². The van der Waals surface area contributed by atoms with Gasteiger partial charge in [0, 0.05) is 25.7 Å². The molecule has 0 aliphatic carbocycles. The van der Waals surface area contributed by atoms with Crippen LogP contribution in [-0.4, -0.2) is 43.5 Å². The van der Waals surface area contributed by atoms with Gasteiger partial charge in [0.2, 0.25) is 0 Å². The Morgan fingerprint density at radius 3 is 2.86 bits per heavy atom. The number of rotatable bonds is 3. The number of aliphatic hydroxyl groups is 1. The summed E-state index contributed by atoms with van der Waals surface area (Å²) in [7, 11) is 1.96. The molecule has 2 heterocycles. The highest BCUT2D eigenvalue weighted by Gasteiger charge is 2.19. The molecule has 0 saturated carbocycles. The van der Waals surface area contributed by atoms with Crippen LogP contribution < -0.4 is 0 Å². The number of aromatic nitrogens is 3. The van der Waals surface area contributed by atoms with Gasteiger partial charge in [-0.3, -0.25) is 4.90 Å². The lowest BCUT2D eigenvalue weighted by Gasteiger charge is -2.29. The fourth-order valence-corrected chi connectivity index (χ4v) is 3.17. The van der Waals surface area contributed by atoms with Crippen LogP contribution in [0.25, 0.3) is 11.4 Å². The van der Waals surface area contributed by atoms with E-state index in [4.69, 9.17) is 17.3 Å². The van der Waals surface area contributed by atoms with Gasteiger partial charge >= 0.3 is 0 Å². The average Bonchev–Trinajstić information content (AvgIpc) is 2.76. The summed E-state index contributed by atoms with van der Waals surface area (Å²) in [5.41, 5.74) is 2.29. The van der Waals surface area contributed by atoms with Crippen LogP contribution in [0.5, 0.6) is 0 Å². The Bertz CT molecular complexity index is 721. The van der Waals surface area contributed by atoms with Gasteiger partial charge in [0.1, 0.15) is 0 Å². The average molecular weight is 318 g/mol. The maximum Gasteiger partial charge on any atom is 0.199 e. The van der Waals surface area contributed by atoms with Crippen LogP contribution in [0.2, 0.25) is 0 Å². The first kappa shape index (κ1) is 15.4. The molecule has 1 atom stereocenters. The maximum atomic E-state index is 9.80. The number of benzene rings is 1.